The van der Waals surface area contributed by atoms with Gasteiger partial charge in [-0.25, -0.2) is 0 Å². The van der Waals surface area contributed by atoms with E-state index in [1.165, 1.54) is 0 Å². The van der Waals surface area contributed by atoms with Gasteiger partial charge >= 0.3 is 6.18 Å². The van der Waals surface area contributed by atoms with Gasteiger partial charge in [0.1, 0.15) is 0 Å². The van der Waals surface area contributed by atoms with Gasteiger partial charge in [0, 0.05) is 24.0 Å². The number of para-hydroxylation sites is 1. The fourth-order valence-corrected chi connectivity index (χ4v) is 2.06. The summed E-state index contributed by atoms with van der Waals surface area (Å²) in [5, 5.41) is 0.815. The number of hydrogen-bond acceptors (Lipinski definition) is 3. The van der Waals surface area contributed by atoms with E-state index in [0.717, 1.165) is 16.5 Å². The van der Waals surface area contributed by atoms with Gasteiger partial charge in [0.25, 0.3) is 0 Å². The van der Waals surface area contributed by atoms with E-state index < -0.39 is 18.6 Å². The zero-order chi connectivity index (χ0) is 13.9. The lowest BCUT2D eigenvalue weighted by atomic mass is 9.99. The molecule has 2 rings (SSSR count). The van der Waals surface area contributed by atoms with Gasteiger partial charge in [-0.2, -0.15) is 13.2 Å². The number of halogens is 3. The molecule has 0 spiro atoms. The molecule has 1 aromatic heterocycles. The minimum absolute atomic E-state index is 0.103. The maximum absolute atomic E-state index is 12.3. The van der Waals surface area contributed by atoms with Crippen molar-refractivity contribution in [1.82, 2.24) is 10.4 Å². The SMILES string of the molecule is NNC(CCC(F)(F)F)c1ccnc2ccccc12. The molecule has 0 aliphatic carbocycles. The number of pyridine rings is 1. The molecule has 3 nitrogen and oxygen atoms in total. The van der Waals surface area contributed by atoms with E-state index in [4.69, 9.17) is 5.84 Å². The summed E-state index contributed by atoms with van der Waals surface area (Å²) >= 11 is 0. The normalized spacial score (nSPS) is 13.7. The molecule has 1 aromatic carbocycles. The highest BCUT2D eigenvalue weighted by molar-refractivity contribution is 5.82. The highest BCUT2D eigenvalue weighted by Gasteiger charge is 2.28. The van der Waals surface area contributed by atoms with E-state index in [-0.39, 0.29) is 6.42 Å². The molecule has 0 radical (unpaired) electrons. The first kappa shape index (κ1) is 13.8. The quantitative estimate of drug-likeness (QED) is 0.662. The Hall–Kier alpha value is -1.66. The predicted molar refractivity (Wildman–Crippen MR) is 67.1 cm³/mol. The summed E-state index contributed by atoms with van der Waals surface area (Å²) < 4.78 is 36.9. The Morgan fingerprint density at radius 3 is 2.63 bits per heavy atom. The van der Waals surface area contributed by atoms with Crippen LogP contribution in [0.5, 0.6) is 0 Å². The second kappa shape index (κ2) is 5.54. The molecule has 1 heterocycles. The highest BCUT2D eigenvalue weighted by Crippen LogP contribution is 2.30. The number of hydrazine groups is 1. The Bertz CT molecular complexity index is 549. The molecule has 3 N–H and O–H groups in total. The van der Waals surface area contributed by atoms with Crippen molar-refractivity contribution in [2.24, 2.45) is 5.84 Å². The number of fused-ring (bicyclic) bond motifs is 1. The van der Waals surface area contributed by atoms with Gasteiger partial charge < -0.3 is 0 Å². The molecule has 0 fully saturated rings. The first-order valence-electron chi connectivity index (χ1n) is 5.88. The van der Waals surface area contributed by atoms with Gasteiger partial charge in [0.15, 0.2) is 0 Å². The number of aromatic nitrogens is 1. The van der Waals surface area contributed by atoms with Crippen molar-refractivity contribution in [3.05, 3.63) is 42.1 Å². The van der Waals surface area contributed by atoms with Crippen LogP contribution >= 0.6 is 0 Å². The van der Waals surface area contributed by atoms with Crippen molar-refractivity contribution >= 4 is 10.9 Å². The second-order valence-electron chi connectivity index (χ2n) is 4.29. The van der Waals surface area contributed by atoms with Gasteiger partial charge in [-0.1, -0.05) is 18.2 Å². The Balaban J connectivity index is 2.30. The van der Waals surface area contributed by atoms with Crippen LogP contribution in [-0.4, -0.2) is 11.2 Å². The van der Waals surface area contributed by atoms with Crippen LogP contribution in [0.15, 0.2) is 36.5 Å². The number of nitrogens with two attached hydrogens (primary N) is 1. The minimum atomic E-state index is -4.18. The van der Waals surface area contributed by atoms with Gasteiger partial charge in [-0.3, -0.25) is 16.3 Å². The van der Waals surface area contributed by atoms with Crippen LogP contribution in [-0.2, 0) is 0 Å². The molecule has 0 saturated carbocycles. The molecule has 102 valence electrons. The Kier molecular flexibility index (Phi) is 4.01. The van der Waals surface area contributed by atoms with Crippen LogP contribution < -0.4 is 11.3 Å². The standard InChI is InChI=1S/C13H14F3N3/c14-13(15,16)7-5-12(19-17)10-6-8-18-11-4-2-1-3-9(10)11/h1-4,6,8,12,19H,5,7,17H2. The van der Waals surface area contributed by atoms with Crippen molar-refractivity contribution < 1.29 is 13.2 Å². The summed E-state index contributed by atoms with van der Waals surface area (Å²) in [6.07, 6.45) is -3.58. The van der Waals surface area contributed by atoms with E-state index in [2.05, 4.69) is 10.4 Å². The molecule has 1 atom stereocenters. The van der Waals surface area contributed by atoms with Crippen molar-refractivity contribution in [2.45, 2.75) is 25.1 Å². The molecule has 0 amide bonds. The number of rotatable bonds is 4. The summed E-state index contributed by atoms with van der Waals surface area (Å²) in [5.41, 5.74) is 3.93. The van der Waals surface area contributed by atoms with Crippen molar-refractivity contribution in [1.29, 1.82) is 0 Å². The first-order chi connectivity index (χ1) is 9.01. The summed E-state index contributed by atoms with van der Waals surface area (Å²) in [6, 6.07) is 8.45. The molecule has 0 bridgehead atoms. The van der Waals surface area contributed by atoms with E-state index in [0.29, 0.717) is 0 Å². The number of benzene rings is 1. The fraction of sp³-hybridized carbons (Fsp3) is 0.308. The Morgan fingerprint density at radius 1 is 1.21 bits per heavy atom. The maximum atomic E-state index is 12.3. The zero-order valence-corrected chi connectivity index (χ0v) is 10.1. The lowest BCUT2D eigenvalue weighted by molar-refractivity contribution is -0.136. The third-order valence-corrected chi connectivity index (χ3v) is 2.98. The van der Waals surface area contributed by atoms with E-state index in [1.54, 1.807) is 12.3 Å². The van der Waals surface area contributed by atoms with Crippen LogP contribution in [0.1, 0.15) is 24.4 Å². The minimum Gasteiger partial charge on any atom is -0.271 e. The predicted octanol–water partition coefficient (Wildman–Crippen LogP) is 3.08. The zero-order valence-electron chi connectivity index (χ0n) is 10.1. The van der Waals surface area contributed by atoms with Crippen LogP contribution in [0.3, 0.4) is 0 Å². The first-order valence-corrected chi connectivity index (χ1v) is 5.88. The van der Waals surface area contributed by atoms with Crippen LogP contribution in [0, 0.1) is 0 Å². The summed E-state index contributed by atoms with van der Waals surface area (Å²) in [5.74, 6) is 5.39. The highest BCUT2D eigenvalue weighted by atomic mass is 19.4. The van der Waals surface area contributed by atoms with Gasteiger partial charge in [-0.15, -0.1) is 0 Å². The molecular formula is C13H14F3N3. The molecule has 0 aliphatic rings. The van der Waals surface area contributed by atoms with Gasteiger partial charge in [-0.05, 0) is 24.1 Å². The maximum Gasteiger partial charge on any atom is 0.389 e. The molecule has 0 saturated heterocycles. The van der Waals surface area contributed by atoms with Gasteiger partial charge in [0.2, 0.25) is 0 Å². The lowest BCUT2D eigenvalue weighted by Crippen LogP contribution is -2.29. The number of nitrogens with one attached hydrogen (secondary N) is 1. The van der Waals surface area contributed by atoms with Crippen LogP contribution in [0.2, 0.25) is 0 Å². The van der Waals surface area contributed by atoms with E-state index in [1.807, 2.05) is 24.3 Å². The average Bonchev–Trinajstić information content (AvgIpc) is 2.38. The molecule has 2 aromatic rings. The van der Waals surface area contributed by atoms with Crippen LogP contribution in [0.4, 0.5) is 13.2 Å². The Labute approximate surface area is 108 Å². The summed E-state index contributed by atoms with van der Waals surface area (Å²) in [6.45, 7) is 0. The molecular weight excluding hydrogens is 255 g/mol. The Morgan fingerprint density at radius 2 is 1.95 bits per heavy atom. The third kappa shape index (κ3) is 3.42. The second-order valence-corrected chi connectivity index (χ2v) is 4.29. The van der Waals surface area contributed by atoms with E-state index in [9.17, 15) is 13.2 Å². The van der Waals surface area contributed by atoms with Gasteiger partial charge in [0.05, 0.1) is 5.52 Å². The number of alkyl halides is 3. The molecule has 6 heteroatoms. The smallest absolute Gasteiger partial charge is 0.271 e. The summed E-state index contributed by atoms with van der Waals surface area (Å²) in [4.78, 5) is 4.18. The monoisotopic (exact) mass is 269 g/mol. The van der Waals surface area contributed by atoms with Crippen molar-refractivity contribution in [2.75, 3.05) is 0 Å². The third-order valence-electron chi connectivity index (χ3n) is 2.98. The van der Waals surface area contributed by atoms with Crippen molar-refractivity contribution in [3.8, 4) is 0 Å². The fourth-order valence-electron chi connectivity index (χ4n) is 2.06. The number of hydrogen-bond donors (Lipinski definition) is 2. The van der Waals surface area contributed by atoms with Crippen molar-refractivity contribution in [3.63, 3.8) is 0 Å². The topological polar surface area (TPSA) is 50.9 Å². The average molecular weight is 269 g/mol. The molecule has 19 heavy (non-hydrogen) atoms. The molecule has 1 unspecified atom stereocenters. The largest absolute Gasteiger partial charge is 0.389 e. The summed E-state index contributed by atoms with van der Waals surface area (Å²) in [7, 11) is 0. The van der Waals surface area contributed by atoms with Crippen LogP contribution in [0.25, 0.3) is 10.9 Å². The molecule has 0 aliphatic heterocycles. The van der Waals surface area contributed by atoms with E-state index >= 15 is 0 Å². The number of nitrogens with zero attached hydrogens (tertiary/aromatic N) is 1. The lowest BCUT2D eigenvalue weighted by Gasteiger charge is -2.18.